The molecule has 3 rings (SSSR count). The van der Waals surface area contributed by atoms with Crippen molar-refractivity contribution in [1.29, 1.82) is 0 Å². The first-order valence-electron chi connectivity index (χ1n) is 9.36. The number of methoxy groups -OCH3 is 2. The summed E-state index contributed by atoms with van der Waals surface area (Å²) in [5.74, 6) is 0.189. The number of ether oxygens (including phenoxy) is 2. The number of anilines is 2. The fourth-order valence-electron chi connectivity index (χ4n) is 2.89. The standard InChI is InChI=1S/C22H23N3O5S/c1-16-4-7-19(8-5-16)31(27,28)25(15-22(26)24-17-10-12-23-13-11-17)20-14-18(29-2)6-9-21(20)30-3/h4-14H,15H2,1-3H3,(H,23,24,26). The molecule has 0 aliphatic heterocycles. The molecule has 0 fully saturated rings. The molecule has 0 atom stereocenters. The van der Waals surface area contributed by atoms with Gasteiger partial charge in [-0.05, 0) is 43.3 Å². The topological polar surface area (TPSA) is 97.8 Å². The van der Waals surface area contributed by atoms with Crippen molar-refractivity contribution in [3.05, 3.63) is 72.6 Å². The minimum Gasteiger partial charge on any atom is -0.497 e. The molecule has 2 aromatic carbocycles. The van der Waals surface area contributed by atoms with Crippen LogP contribution in [0.3, 0.4) is 0 Å². The zero-order valence-electron chi connectivity index (χ0n) is 17.4. The summed E-state index contributed by atoms with van der Waals surface area (Å²) in [6.45, 7) is 1.39. The van der Waals surface area contributed by atoms with E-state index >= 15 is 0 Å². The fourth-order valence-corrected chi connectivity index (χ4v) is 4.32. The van der Waals surface area contributed by atoms with Gasteiger partial charge in [-0.2, -0.15) is 0 Å². The van der Waals surface area contributed by atoms with Crippen LogP contribution in [0.25, 0.3) is 0 Å². The molecule has 0 saturated heterocycles. The number of nitrogens with one attached hydrogen (secondary N) is 1. The number of sulfonamides is 1. The predicted molar refractivity (Wildman–Crippen MR) is 118 cm³/mol. The van der Waals surface area contributed by atoms with E-state index in [4.69, 9.17) is 9.47 Å². The molecule has 0 unspecified atom stereocenters. The van der Waals surface area contributed by atoms with Gasteiger partial charge in [-0.1, -0.05) is 17.7 Å². The summed E-state index contributed by atoms with van der Waals surface area (Å²) >= 11 is 0. The second kappa shape index (κ2) is 9.48. The van der Waals surface area contributed by atoms with Gasteiger partial charge in [0.15, 0.2) is 0 Å². The lowest BCUT2D eigenvalue weighted by Crippen LogP contribution is -2.38. The Labute approximate surface area is 181 Å². The van der Waals surface area contributed by atoms with Gasteiger partial charge in [0.25, 0.3) is 10.0 Å². The highest BCUT2D eigenvalue weighted by Crippen LogP contribution is 2.35. The monoisotopic (exact) mass is 441 g/mol. The van der Waals surface area contributed by atoms with Crippen LogP contribution in [-0.2, 0) is 14.8 Å². The van der Waals surface area contributed by atoms with Gasteiger partial charge in [0.05, 0.1) is 24.8 Å². The third kappa shape index (κ3) is 5.13. The SMILES string of the molecule is COc1ccc(OC)c(N(CC(=O)Nc2ccncc2)S(=O)(=O)c2ccc(C)cc2)c1. The van der Waals surface area contributed by atoms with Crippen molar-refractivity contribution in [2.75, 3.05) is 30.4 Å². The zero-order valence-corrected chi connectivity index (χ0v) is 18.2. The summed E-state index contributed by atoms with van der Waals surface area (Å²) < 4.78 is 38.7. The molecule has 3 aromatic rings. The van der Waals surface area contributed by atoms with Crippen LogP contribution >= 0.6 is 0 Å². The van der Waals surface area contributed by atoms with E-state index in [0.29, 0.717) is 11.4 Å². The summed E-state index contributed by atoms with van der Waals surface area (Å²) in [5.41, 5.74) is 1.61. The molecular formula is C22H23N3O5S. The van der Waals surface area contributed by atoms with Crippen molar-refractivity contribution in [3.8, 4) is 11.5 Å². The van der Waals surface area contributed by atoms with Crippen molar-refractivity contribution in [2.45, 2.75) is 11.8 Å². The smallest absolute Gasteiger partial charge is 0.264 e. The van der Waals surface area contributed by atoms with Gasteiger partial charge in [-0.15, -0.1) is 0 Å². The summed E-state index contributed by atoms with van der Waals surface area (Å²) in [5, 5.41) is 2.68. The van der Waals surface area contributed by atoms with E-state index in [1.54, 1.807) is 36.4 Å². The summed E-state index contributed by atoms with van der Waals surface area (Å²) in [6.07, 6.45) is 3.06. The minimum absolute atomic E-state index is 0.0553. The molecule has 0 aliphatic rings. The van der Waals surface area contributed by atoms with Gasteiger partial charge in [-0.25, -0.2) is 8.42 Å². The van der Waals surface area contributed by atoms with E-state index in [0.717, 1.165) is 9.87 Å². The van der Waals surface area contributed by atoms with E-state index in [1.807, 2.05) is 6.92 Å². The van der Waals surface area contributed by atoms with Crippen molar-refractivity contribution < 1.29 is 22.7 Å². The van der Waals surface area contributed by atoms with Crippen LogP contribution in [0.4, 0.5) is 11.4 Å². The predicted octanol–water partition coefficient (Wildman–Crippen LogP) is 3.24. The molecule has 1 amide bonds. The summed E-state index contributed by atoms with van der Waals surface area (Å²) in [4.78, 5) is 16.7. The Morgan fingerprint density at radius 3 is 2.29 bits per heavy atom. The highest BCUT2D eigenvalue weighted by Gasteiger charge is 2.30. The van der Waals surface area contributed by atoms with Crippen LogP contribution in [0, 0.1) is 6.92 Å². The molecule has 0 aliphatic carbocycles. The third-order valence-electron chi connectivity index (χ3n) is 4.51. The van der Waals surface area contributed by atoms with Gasteiger partial charge in [0.2, 0.25) is 5.91 Å². The van der Waals surface area contributed by atoms with Gasteiger partial charge >= 0.3 is 0 Å². The van der Waals surface area contributed by atoms with Gasteiger partial charge in [-0.3, -0.25) is 14.1 Å². The van der Waals surface area contributed by atoms with Crippen LogP contribution < -0.4 is 19.1 Å². The average molecular weight is 442 g/mol. The Morgan fingerprint density at radius 1 is 1.00 bits per heavy atom. The average Bonchev–Trinajstić information content (AvgIpc) is 2.78. The van der Waals surface area contributed by atoms with E-state index < -0.39 is 22.5 Å². The summed E-state index contributed by atoms with van der Waals surface area (Å²) in [7, 11) is -1.19. The van der Waals surface area contributed by atoms with Gasteiger partial charge in [0.1, 0.15) is 18.0 Å². The number of amides is 1. The van der Waals surface area contributed by atoms with E-state index in [1.165, 1.54) is 44.8 Å². The molecule has 8 nitrogen and oxygen atoms in total. The molecule has 31 heavy (non-hydrogen) atoms. The van der Waals surface area contributed by atoms with Crippen LogP contribution in [0.1, 0.15) is 5.56 Å². The number of nitrogens with zero attached hydrogens (tertiary/aromatic N) is 2. The Kier molecular flexibility index (Phi) is 6.76. The maximum Gasteiger partial charge on any atom is 0.264 e. The number of aryl methyl sites for hydroxylation is 1. The van der Waals surface area contributed by atoms with Crippen LogP contribution in [0.2, 0.25) is 0 Å². The van der Waals surface area contributed by atoms with Crippen molar-refractivity contribution in [1.82, 2.24) is 4.98 Å². The maximum atomic E-state index is 13.5. The second-order valence-electron chi connectivity index (χ2n) is 6.65. The van der Waals surface area contributed by atoms with Gasteiger partial charge in [0, 0.05) is 24.1 Å². The highest BCUT2D eigenvalue weighted by atomic mass is 32.2. The van der Waals surface area contributed by atoms with E-state index in [-0.39, 0.29) is 16.3 Å². The fraction of sp³-hybridized carbons (Fsp3) is 0.182. The summed E-state index contributed by atoms with van der Waals surface area (Å²) in [6, 6.07) is 14.4. The minimum atomic E-state index is -4.09. The third-order valence-corrected chi connectivity index (χ3v) is 6.29. The lowest BCUT2D eigenvalue weighted by atomic mass is 10.2. The Hall–Kier alpha value is -3.59. The Balaban J connectivity index is 2.05. The first kappa shape index (κ1) is 22.1. The molecule has 162 valence electrons. The van der Waals surface area contributed by atoms with E-state index in [2.05, 4.69) is 10.3 Å². The van der Waals surface area contributed by atoms with E-state index in [9.17, 15) is 13.2 Å². The Bertz CT molecular complexity index is 1150. The molecule has 0 saturated carbocycles. The molecule has 0 spiro atoms. The highest BCUT2D eigenvalue weighted by molar-refractivity contribution is 7.92. The number of hydrogen-bond acceptors (Lipinski definition) is 6. The number of benzene rings is 2. The largest absolute Gasteiger partial charge is 0.497 e. The Morgan fingerprint density at radius 2 is 1.68 bits per heavy atom. The number of aromatic nitrogens is 1. The molecule has 0 radical (unpaired) electrons. The maximum absolute atomic E-state index is 13.5. The number of rotatable bonds is 8. The number of hydrogen-bond donors (Lipinski definition) is 1. The first-order valence-corrected chi connectivity index (χ1v) is 10.8. The number of carbonyl (C=O) groups is 1. The molecule has 1 heterocycles. The molecule has 1 aromatic heterocycles. The number of carbonyl (C=O) groups excluding carboxylic acids is 1. The molecule has 9 heteroatoms. The van der Waals surface area contributed by atoms with Crippen LogP contribution in [0.5, 0.6) is 11.5 Å². The first-order chi connectivity index (χ1) is 14.8. The molecular weight excluding hydrogens is 418 g/mol. The second-order valence-corrected chi connectivity index (χ2v) is 8.51. The van der Waals surface area contributed by atoms with Gasteiger partial charge < -0.3 is 14.8 Å². The molecule has 1 N–H and O–H groups in total. The van der Waals surface area contributed by atoms with Crippen LogP contribution in [-0.4, -0.2) is 40.1 Å². The zero-order chi connectivity index (χ0) is 22.4. The van der Waals surface area contributed by atoms with Crippen molar-refractivity contribution in [3.63, 3.8) is 0 Å². The lowest BCUT2D eigenvalue weighted by Gasteiger charge is -2.26. The quantitative estimate of drug-likeness (QED) is 0.576. The lowest BCUT2D eigenvalue weighted by molar-refractivity contribution is -0.114. The normalized spacial score (nSPS) is 10.9. The molecule has 0 bridgehead atoms. The van der Waals surface area contributed by atoms with Crippen molar-refractivity contribution >= 4 is 27.3 Å². The van der Waals surface area contributed by atoms with Crippen LogP contribution in [0.15, 0.2) is 71.9 Å². The van der Waals surface area contributed by atoms with Crippen molar-refractivity contribution in [2.24, 2.45) is 0 Å². The number of pyridine rings is 1.